The van der Waals surface area contributed by atoms with Crippen molar-refractivity contribution in [3.05, 3.63) is 57.9 Å². The highest BCUT2D eigenvalue weighted by Crippen LogP contribution is 2.23. The van der Waals surface area contributed by atoms with E-state index in [1.807, 2.05) is 0 Å². The molecule has 0 amide bonds. The molecule has 0 aliphatic carbocycles. The van der Waals surface area contributed by atoms with Gasteiger partial charge in [0.15, 0.2) is 0 Å². The van der Waals surface area contributed by atoms with E-state index in [2.05, 4.69) is 4.98 Å². The molecule has 0 fully saturated rings. The van der Waals surface area contributed by atoms with Crippen LogP contribution >= 0.6 is 0 Å². The Labute approximate surface area is 110 Å². The predicted molar refractivity (Wildman–Crippen MR) is 70.8 cm³/mol. The Balaban J connectivity index is 2.08. The maximum absolute atomic E-state index is 10.7. The van der Waals surface area contributed by atoms with Crippen molar-refractivity contribution < 1.29 is 9.66 Å². The fourth-order valence-corrected chi connectivity index (χ4v) is 1.66. The topological polar surface area (TPSA) is 91.3 Å². The van der Waals surface area contributed by atoms with Gasteiger partial charge in [-0.3, -0.25) is 15.1 Å². The zero-order valence-corrected chi connectivity index (χ0v) is 10.4. The molecule has 2 aromatic rings. The van der Waals surface area contributed by atoms with Gasteiger partial charge in [0.2, 0.25) is 0 Å². The van der Waals surface area contributed by atoms with Crippen LogP contribution in [0.15, 0.2) is 36.5 Å². The van der Waals surface area contributed by atoms with E-state index in [9.17, 15) is 10.1 Å². The number of rotatable bonds is 4. The minimum atomic E-state index is -0.418. The number of nitro benzene ring substituents is 1. The average molecular weight is 259 g/mol. The molecule has 1 aromatic carbocycles. The second-order valence-corrected chi connectivity index (χ2v) is 4.07. The van der Waals surface area contributed by atoms with Gasteiger partial charge in [-0.15, -0.1) is 0 Å². The number of nitrogen functional groups attached to an aromatic ring is 1. The first-order valence-electron chi connectivity index (χ1n) is 5.64. The van der Waals surface area contributed by atoms with E-state index in [0.717, 1.165) is 0 Å². The SMILES string of the molecule is Cc1cc(OCc2cc(N)ccn2)ccc1[N+](=O)[O-]. The van der Waals surface area contributed by atoms with Crippen LogP contribution in [0.3, 0.4) is 0 Å². The zero-order chi connectivity index (χ0) is 13.8. The molecule has 1 aromatic heterocycles. The number of anilines is 1. The van der Waals surface area contributed by atoms with Gasteiger partial charge in [-0.25, -0.2) is 0 Å². The molecule has 0 spiro atoms. The van der Waals surface area contributed by atoms with Crippen LogP contribution in [0.25, 0.3) is 0 Å². The normalized spacial score (nSPS) is 10.2. The summed E-state index contributed by atoms with van der Waals surface area (Å²) in [5.41, 5.74) is 7.59. The molecule has 98 valence electrons. The Bertz CT molecular complexity index is 614. The molecular weight excluding hydrogens is 246 g/mol. The molecule has 0 atom stereocenters. The van der Waals surface area contributed by atoms with E-state index in [1.165, 1.54) is 6.07 Å². The van der Waals surface area contributed by atoms with Gasteiger partial charge in [-0.1, -0.05) is 0 Å². The number of aryl methyl sites for hydroxylation is 1. The molecular formula is C13H13N3O3. The second-order valence-electron chi connectivity index (χ2n) is 4.07. The summed E-state index contributed by atoms with van der Waals surface area (Å²) >= 11 is 0. The van der Waals surface area contributed by atoms with Gasteiger partial charge < -0.3 is 10.5 Å². The zero-order valence-electron chi connectivity index (χ0n) is 10.4. The average Bonchev–Trinajstić information content (AvgIpc) is 2.36. The van der Waals surface area contributed by atoms with Crippen molar-refractivity contribution in [3.8, 4) is 5.75 Å². The highest BCUT2D eigenvalue weighted by molar-refractivity contribution is 5.44. The standard InChI is InChI=1S/C13H13N3O3/c1-9-6-12(2-3-13(9)16(17)18)19-8-11-7-10(14)4-5-15-11/h2-7H,8H2,1H3,(H2,14,15). The number of aromatic nitrogens is 1. The summed E-state index contributed by atoms with van der Waals surface area (Å²) in [4.78, 5) is 14.4. The highest BCUT2D eigenvalue weighted by Gasteiger charge is 2.10. The predicted octanol–water partition coefficient (Wildman–Crippen LogP) is 2.46. The minimum absolute atomic E-state index is 0.0782. The lowest BCUT2D eigenvalue weighted by molar-refractivity contribution is -0.385. The summed E-state index contributed by atoms with van der Waals surface area (Å²) in [5, 5.41) is 10.7. The third-order valence-corrected chi connectivity index (χ3v) is 2.59. The number of hydrogen-bond acceptors (Lipinski definition) is 5. The smallest absolute Gasteiger partial charge is 0.272 e. The van der Waals surface area contributed by atoms with Crippen molar-refractivity contribution in [2.45, 2.75) is 13.5 Å². The van der Waals surface area contributed by atoms with Crippen LogP contribution in [0.4, 0.5) is 11.4 Å². The molecule has 0 aliphatic rings. The largest absolute Gasteiger partial charge is 0.487 e. The molecule has 19 heavy (non-hydrogen) atoms. The van der Waals surface area contributed by atoms with Crippen LogP contribution < -0.4 is 10.5 Å². The molecule has 2 N–H and O–H groups in total. The fourth-order valence-electron chi connectivity index (χ4n) is 1.66. The van der Waals surface area contributed by atoms with Crippen LogP contribution in [0.5, 0.6) is 5.75 Å². The van der Waals surface area contributed by atoms with Crippen molar-refractivity contribution >= 4 is 11.4 Å². The number of hydrogen-bond donors (Lipinski definition) is 1. The maximum Gasteiger partial charge on any atom is 0.272 e. The summed E-state index contributed by atoms with van der Waals surface area (Å²) in [7, 11) is 0. The van der Waals surface area contributed by atoms with Gasteiger partial charge in [0, 0.05) is 23.5 Å². The Morgan fingerprint density at radius 1 is 1.37 bits per heavy atom. The van der Waals surface area contributed by atoms with E-state index < -0.39 is 4.92 Å². The number of benzene rings is 1. The van der Waals surface area contributed by atoms with Gasteiger partial charge >= 0.3 is 0 Å². The first-order valence-corrected chi connectivity index (χ1v) is 5.64. The fraction of sp³-hybridized carbons (Fsp3) is 0.154. The van der Waals surface area contributed by atoms with Gasteiger partial charge in [0.05, 0.1) is 10.6 Å². The monoisotopic (exact) mass is 259 g/mol. The van der Waals surface area contributed by atoms with E-state index in [0.29, 0.717) is 22.7 Å². The van der Waals surface area contributed by atoms with Crippen LogP contribution in [0, 0.1) is 17.0 Å². The van der Waals surface area contributed by atoms with Gasteiger partial charge in [0.1, 0.15) is 12.4 Å². The summed E-state index contributed by atoms with van der Waals surface area (Å²) in [6.07, 6.45) is 1.61. The lowest BCUT2D eigenvalue weighted by Crippen LogP contribution is -2.00. The summed E-state index contributed by atoms with van der Waals surface area (Å²) in [5.74, 6) is 0.562. The molecule has 0 unspecified atom stereocenters. The van der Waals surface area contributed by atoms with Gasteiger partial charge in [-0.2, -0.15) is 0 Å². The van der Waals surface area contributed by atoms with Gasteiger partial charge in [-0.05, 0) is 31.2 Å². The molecule has 0 aliphatic heterocycles. The number of pyridine rings is 1. The maximum atomic E-state index is 10.7. The molecule has 6 heteroatoms. The number of nitrogens with zero attached hydrogens (tertiary/aromatic N) is 2. The van der Waals surface area contributed by atoms with Crippen molar-refractivity contribution in [3.63, 3.8) is 0 Å². The lowest BCUT2D eigenvalue weighted by Gasteiger charge is -2.07. The van der Waals surface area contributed by atoms with Crippen molar-refractivity contribution in [1.82, 2.24) is 4.98 Å². The number of nitrogens with two attached hydrogens (primary N) is 1. The molecule has 6 nitrogen and oxygen atoms in total. The van der Waals surface area contributed by atoms with Crippen LogP contribution in [0.2, 0.25) is 0 Å². The number of nitro groups is 1. The molecule has 0 radical (unpaired) electrons. The Morgan fingerprint density at radius 2 is 2.16 bits per heavy atom. The Morgan fingerprint density at radius 3 is 2.79 bits per heavy atom. The van der Waals surface area contributed by atoms with E-state index in [1.54, 1.807) is 37.4 Å². The molecule has 0 saturated carbocycles. The van der Waals surface area contributed by atoms with E-state index in [-0.39, 0.29) is 12.3 Å². The van der Waals surface area contributed by atoms with E-state index >= 15 is 0 Å². The summed E-state index contributed by atoms with van der Waals surface area (Å²) in [6.45, 7) is 1.94. The second kappa shape index (κ2) is 5.34. The van der Waals surface area contributed by atoms with Crippen LogP contribution in [-0.2, 0) is 6.61 Å². The van der Waals surface area contributed by atoms with Crippen molar-refractivity contribution in [2.75, 3.05) is 5.73 Å². The summed E-state index contributed by atoms with van der Waals surface area (Å²) < 4.78 is 5.52. The third-order valence-electron chi connectivity index (χ3n) is 2.59. The molecule has 2 rings (SSSR count). The minimum Gasteiger partial charge on any atom is -0.487 e. The van der Waals surface area contributed by atoms with Crippen molar-refractivity contribution in [2.24, 2.45) is 0 Å². The van der Waals surface area contributed by atoms with Crippen molar-refractivity contribution in [1.29, 1.82) is 0 Å². The molecule has 0 saturated heterocycles. The number of ether oxygens (including phenoxy) is 1. The first-order chi connectivity index (χ1) is 9.06. The molecule has 1 heterocycles. The quantitative estimate of drug-likeness (QED) is 0.672. The highest BCUT2D eigenvalue weighted by atomic mass is 16.6. The van der Waals surface area contributed by atoms with E-state index in [4.69, 9.17) is 10.5 Å². The summed E-state index contributed by atoms with van der Waals surface area (Å²) in [6, 6.07) is 8.04. The van der Waals surface area contributed by atoms with Gasteiger partial charge in [0.25, 0.3) is 5.69 Å². The Kier molecular flexibility index (Phi) is 3.61. The molecule has 0 bridgehead atoms. The lowest BCUT2D eigenvalue weighted by atomic mass is 10.2. The Hall–Kier alpha value is -2.63. The first kappa shape index (κ1) is 12.8. The van der Waals surface area contributed by atoms with Crippen LogP contribution in [-0.4, -0.2) is 9.91 Å². The third kappa shape index (κ3) is 3.19. The van der Waals surface area contributed by atoms with Crippen LogP contribution in [0.1, 0.15) is 11.3 Å².